The number of piperidine rings is 1. The summed E-state index contributed by atoms with van der Waals surface area (Å²) in [7, 11) is 0. The summed E-state index contributed by atoms with van der Waals surface area (Å²) in [5.41, 5.74) is 2.32. The summed E-state index contributed by atoms with van der Waals surface area (Å²) in [4.78, 5) is 31.1. The molecule has 1 fully saturated rings. The van der Waals surface area contributed by atoms with E-state index in [9.17, 15) is 4.79 Å². The summed E-state index contributed by atoms with van der Waals surface area (Å²) in [5.74, 6) is 0.458. The Kier molecular flexibility index (Phi) is 8.25. The number of carbonyl (C=O) groups is 1. The lowest BCUT2D eigenvalue weighted by atomic mass is 9.79. The molecule has 0 bridgehead atoms. The zero-order chi connectivity index (χ0) is 20.7. The van der Waals surface area contributed by atoms with Crippen molar-refractivity contribution in [3.8, 4) is 0 Å². The van der Waals surface area contributed by atoms with E-state index in [1.807, 2.05) is 42.5 Å². The van der Waals surface area contributed by atoms with Crippen LogP contribution in [0.4, 0.5) is 0 Å². The fourth-order valence-electron chi connectivity index (χ4n) is 3.77. The standard InChI is InChI=1S/C21H23Cl2NO.CO2/c1-3-14(2)24-20(25)12-11-19(16-5-4-6-18(23)13-16)21(24)15-7-9-17(22)10-8-15;2-1-3/h4-10,13-14,19,21H,3,11-12H2,1-2H3;/t14-,19-,21-;/m1./s1. The highest BCUT2D eigenvalue weighted by molar-refractivity contribution is 6.30. The highest BCUT2D eigenvalue weighted by atomic mass is 35.5. The molecule has 1 heterocycles. The smallest absolute Gasteiger partial charge is 0.332 e. The van der Waals surface area contributed by atoms with Crippen molar-refractivity contribution in [2.75, 3.05) is 0 Å². The Labute approximate surface area is 175 Å². The fourth-order valence-corrected chi connectivity index (χ4v) is 4.10. The van der Waals surface area contributed by atoms with Gasteiger partial charge in [-0.05, 0) is 55.2 Å². The Morgan fingerprint density at radius 1 is 1.07 bits per heavy atom. The second-order valence-corrected chi connectivity index (χ2v) is 7.71. The van der Waals surface area contributed by atoms with Crippen LogP contribution in [-0.2, 0) is 14.4 Å². The molecule has 1 aliphatic rings. The minimum absolute atomic E-state index is 0.00642. The van der Waals surface area contributed by atoms with E-state index < -0.39 is 0 Å². The van der Waals surface area contributed by atoms with E-state index in [2.05, 4.69) is 24.8 Å². The van der Waals surface area contributed by atoms with Gasteiger partial charge in [-0.25, -0.2) is 0 Å². The van der Waals surface area contributed by atoms with Crippen LogP contribution in [0.3, 0.4) is 0 Å². The number of rotatable bonds is 4. The third-order valence-corrected chi connectivity index (χ3v) is 5.68. The molecule has 3 rings (SSSR count). The largest absolute Gasteiger partial charge is 0.373 e. The van der Waals surface area contributed by atoms with Gasteiger partial charge < -0.3 is 4.90 Å². The lowest BCUT2D eigenvalue weighted by Crippen LogP contribution is -2.46. The van der Waals surface area contributed by atoms with Crippen LogP contribution in [0.25, 0.3) is 0 Å². The van der Waals surface area contributed by atoms with Crippen LogP contribution in [0, 0.1) is 0 Å². The number of hydrogen-bond donors (Lipinski definition) is 0. The van der Waals surface area contributed by atoms with Gasteiger partial charge >= 0.3 is 6.15 Å². The van der Waals surface area contributed by atoms with Crippen molar-refractivity contribution in [1.29, 1.82) is 0 Å². The predicted octanol–water partition coefficient (Wildman–Crippen LogP) is 5.66. The van der Waals surface area contributed by atoms with Crippen molar-refractivity contribution < 1.29 is 14.4 Å². The van der Waals surface area contributed by atoms with Crippen molar-refractivity contribution in [2.45, 2.75) is 51.1 Å². The van der Waals surface area contributed by atoms with Crippen molar-refractivity contribution in [3.63, 3.8) is 0 Å². The summed E-state index contributed by atoms with van der Waals surface area (Å²) in [6.07, 6.45) is 2.59. The van der Waals surface area contributed by atoms with Crippen LogP contribution < -0.4 is 0 Å². The minimum atomic E-state index is 0.00642. The first kappa shape index (κ1) is 22.2. The topological polar surface area (TPSA) is 54.5 Å². The van der Waals surface area contributed by atoms with E-state index in [0.29, 0.717) is 11.4 Å². The Morgan fingerprint density at radius 2 is 1.71 bits per heavy atom. The molecule has 0 unspecified atom stereocenters. The first-order valence-corrected chi connectivity index (χ1v) is 9.99. The number of carbonyl (C=O) groups excluding carboxylic acids is 3. The maximum Gasteiger partial charge on any atom is 0.373 e. The molecule has 1 aliphatic heterocycles. The van der Waals surface area contributed by atoms with Gasteiger partial charge in [0.25, 0.3) is 0 Å². The van der Waals surface area contributed by atoms with Gasteiger partial charge in [-0.15, -0.1) is 0 Å². The Bertz CT molecular complexity index is 832. The number of halogens is 2. The first-order valence-electron chi connectivity index (χ1n) is 9.24. The van der Waals surface area contributed by atoms with Crippen molar-refractivity contribution in [3.05, 3.63) is 69.7 Å². The Morgan fingerprint density at radius 3 is 2.29 bits per heavy atom. The maximum absolute atomic E-state index is 12.8. The summed E-state index contributed by atoms with van der Waals surface area (Å²) in [6.45, 7) is 4.25. The van der Waals surface area contributed by atoms with Crippen molar-refractivity contribution >= 4 is 35.3 Å². The molecular formula is C22H23Cl2NO3. The molecular weight excluding hydrogens is 397 g/mol. The van der Waals surface area contributed by atoms with E-state index in [1.54, 1.807) is 0 Å². The molecule has 2 aromatic rings. The Hall–Kier alpha value is -2.13. The Balaban J connectivity index is 0.000000878. The van der Waals surface area contributed by atoms with Gasteiger partial charge in [-0.2, -0.15) is 9.59 Å². The lowest BCUT2D eigenvalue weighted by molar-refractivity contribution is -0.191. The molecule has 1 saturated heterocycles. The van der Waals surface area contributed by atoms with Crippen LogP contribution in [0.2, 0.25) is 10.0 Å². The molecule has 148 valence electrons. The second-order valence-electron chi connectivity index (χ2n) is 6.84. The molecule has 3 atom stereocenters. The molecule has 4 nitrogen and oxygen atoms in total. The summed E-state index contributed by atoms with van der Waals surface area (Å²) in [6, 6.07) is 16.1. The molecule has 0 N–H and O–H groups in total. The average molecular weight is 420 g/mol. The van der Waals surface area contributed by atoms with E-state index in [-0.39, 0.29) is 30.1 Å². The molecule has 28 heavy (non-hydrogen) atoms. The molecule has 0 aromatic heterocycles. The summed E-state index contributed by atoms with van der Waals surface area (Å²) in [5, 5.41) is 1.44. The lowest BCUT2D eigenvalue weighted by Gasteiger charge is -2.45. The van der Waals surface area contributed by atoms with Gasteiger partial charge in [-0.3, -0.25) is 4.79 Å². The molecule has 0 aliphatic carbocycles. The van der Waals surface area contributed by atoms with Gasteiger partial charge in [0.1, 0.15) is 0 Å². The summed E-state index contributed by atoms with van der Waals surface area (Å²) >= 11 is 12.3. The maximum atomic E-state index is 12.8. The predicted molar refractivity (Wildman–Crippen MR) is 109 cm³/mol. The zero-order valence-electron chi connectivity index (χ0n) is 15.9. The number of benzene rings is 2. The zero-order valence-corrected chi connectivity index (χ0v) is 17.4. The monoisotopic (exact) mass is 419 g/mol. The molecule has 0 radical (unpaired) electrons. The van der Waals surface area contributed by atoms with Crippen LogP contribution in [-0.4, -0.2) is 23.0 Å². The first-order chi connectivity index (χ1) is 13.4. The molecule has 6 heteroatoms. The molecule has 0 spiro atoms. The third-order valence-electron chi connectivity index (χ3n) is 5.19. The molecule has 1 amide bonds. The average Bonchev–Trinajstić information content (AvgIpc) is 2.68. The van der Waals surface area contributed by atoms with E-state index >= 15 is 0 Å². The van der Waals surface area contributed by atoms with Crippen molar-refractivity contribution in [1.82, 2.24) is 4.90 Å². The highest BCUT2D eigenvalue weighted by Crippen LogP contribution is 2.44. The van der Waals surface area contributed by atoms with E-state index in [4.69, 9.17) is 32.8 Å². The van der Waals surface area contributed by atoms with Crippen molar-refractivity contribution in [2.24, 2.45) is 0 Å². The number of likely N-dealkylation sites (tertiary alicyclic amines) is 1. The second kappa shape index (κ2) is 10.4. The quantitative estimate of drug-likeness (QED) is 0.642. The van der Waals surface area contributed by atoms with Crippen LogP contribution in [0.1, 0.15) is 56.2 Å². The fraction of sp³-hybridized carbons (Fsp3) is 0.364. The van der Waals surface area contributed by atoms with Gasteiger partial charge in [0.05, 0.1) is 6.04 Å². The van der Waals surface area contributed by atoms with E-state index in [1.165, 1.54) is 5.56 Å². The van der Waals surface area contributed by atoms with Crippen LogP contribution >= 0.6 is 23.2 Å². The number of nitrogens with zero attached hydrogens (tertiary/aromatic N) is 1. The van der Waals surface area contributed by atoms with Gasteiger partial charge in [0.15, 0.2) is 0 Å². The SMILES string of the molecule is CC[C@@H](C)N1C(=O)CC[C@H](c2cccc(Cl)c2)[C@H]1c1ccc(Cl)cc1.O=C=O. The van der Waals surface area contributed by atoms with Gasteiger partial charge in [0, 0.05) is 28.4 Å². The van der Waals surface area contributed by atoms with Crippen LogP contribution in [0.5, 0.6) is 0 Å². The van der Waals surface area contributed by atoms with E-state index in [0.717, 1.165) is 23.4 Å². The minimum Gasteiger partial charge on any atom is -0.332 e. The third kappa shape index (κ3) is 5.23. The number of amides is 1. The molecule has 0 saturated carbocycles. The van der Waals surface area contributed by atoms with Gasteiger partial charge in [-0.1, -0.05) is 54.4 Å². The summed E-state index contributed by atoms with van der Waals surface area (Å²) < 4.78 is 0. The normalized spacial score (nSPS) is 20.0. The number of hydrogen-bond acceptors (Lipinski definition) is 3. The van der Waals surface area contributed by atoms with Crippen LogP contribution in [0.15, 0.2) is 48.5 Å². The van der Waals surface area contributed by atoms with Gasteiger partial charge in [0.2, 0.25) is 5.91 Å². The molecule has 2 aromatic carbocycles. The highest BCUT2D eigenvalue weighted by Gasteiger charge is 2.39.